The quantitative estimate of drug-likeness (QED) is 0.244. The van der Waals surface area contributed by atoms with Crippen molar-refractivity contribution >= 4 is 29.0 Å². The van der Waals surface area contributed by atoms with Crippen LogP contribution in [0.2, 0.25) is 0 Å². The third-order valence-corrected chi connectivity index (χ3v) is 4.73. The van der Waals surface area contributed by atoms with Gasteiger partial charge in [-0.2, -0.15) is 0 Å². The number of hydrogen-bond acceptors (Lipinski definition) is 6. The molecule has 0 saturated heterocycles. The van der Waals surface area contributed by atoms with Gasteiger partial charge in [-0.1, -0.05) is 18.2 Å². The number of rotatable bonds is 8. The van der Waals surface area contributed by atoms with Crippen molar-refractivity contribution in [1.29, 1.82) is 0 Å². The maximum absolute atomic E-state index is 12.3. The minimum atomic E-state index is -0.484. The van der Waals surface area contributed by atoms with E-state index in [1.165, 1.54) is 31.4 Å². The number of hydrogen-bond donors (Lipinski definition) is 1. The van der Waals surface area contributed by atoms with Gasteiger partial charge in [0, 0.05) is 42.4 Å². The van der Waals surface area contributed by atoms with Crippen molar-refractivity contribution in [3.8, 4) is 11.5 Å². The molecule has 9 nitrogen and oxygen atoms in total. The second-order valence-corrected chi connectivity index (χ2v) is 7.03. The number of non-ortho nitro benzene ring substituents is 1. The van der Waals surface area contributed by atoms with E-state index in [-0.39, 0.29) is 12.3 Å². The highest BCUT2D eigenvalue weighted by atomic mass is 16.6. The molecule has 0 fully saturated rings. The van der Waals surface area contributed by atoms with Crippen LogP contribution in [0.1, 0.15) is 11.3 Å². The summed E-state index contributed by atoms with van der Waals surface area (Å²) in [5, 5.41) is 13.6. The first-order chi connectivity index (χ1) is 16.0. The number of methoxy groups -OCH3 is 1. The Hall–Kier alpha value is -4.66. The van der Waals surface area contributed by atoms with Crippen LogP contribution in [0.25, 0.3) is 11.7 Å². The lowest BCUT2D eigenvalue weighted by molar-refractivity contribution is -0.384. The van der Waals surface area contributed by atoms with E-state index < -0.39 is 10.8 Å². The van der Waals surface area contributed by atoms with E-state index in [2.05, 4.69) is 10.3 Å². The number of ether oxygens (including phenoxy) is 2. The number of nitrogens with one attached hydrogen (secondary N) is 1. The molecule has 0 unspecified atom stereocenters. The van der Waals surface area contributed by atoms with Crippen molar-refractivity contribution in [2.24, 2.45) is 0 Å². The van der Waals surface area contributed by atoms with Gasteiger partial charge in [0.2, 0.25) is 5.91 Å². The summed E-state index contributed by atoms with van der Waals surface area (Å²) < 4.78 is 13.2. The molecule has 0 saturated carbocycles. The molecular weight excluding hydrogens is 424 g/mol. The van der Waals surface area contributed by atoms with Gasteiger partial charge < -0.3 is 19.2 Å². The zero-order chi connectivity index (χ0) is 23.2. The summed E-state index contributed by atoms with van der Waals surface area (Å²) >= 11 is 0. The van der Waals surface area contributed by atoms with Gasteiger partial charge in [0.1, 0.15) is 12.3 Å². The first-order valence-corrected chi connectivity index (χ1v) is 9.99. The van der Waals surface area contributed by atoms with Gasteiger partial charge in [0.25, 0.3) is 5.69 Å². The smallest absolute Gasteiger partial charge is 0.270 e. The third kappa shape index (κ3) is 5.34. The fourth-order valence-electron chi connectivity index (χ4n) is 3.17. The van der Waals surface area contributed by atoms with Gasteiger partial charge in [-0.25, -0.2) is 4.98 Å². The summed E-state index contributed by atoms with van der Waals surface area (Å²) in [6, 6.07) is 16.8. The van der Waals surface area contributed by atoms with Crippen molar-refractivity contribution < 1.29 is 19.2 Å². The number of carbonyl (C=O) groups excluding carboxylic acids is 1. The summed E-state index contributed by atoms with van der Waals surface area (Å²) in [6.45, 7) is 0.224. The largest absolute Gasteiger partial charge is 0.493 e. The first-order valence-electron chi connectivity index (χ1n) is 9.99. The minimum Gasteiger partial charge on any atom is -0.493 e. The lowest BCUT2D eigenvalue weighted by Gasteiger charge is -2.12. The Bertz CT molecular complexity index is 1310. The van der Waals surface area contributed by atoms with E-state index >= 15 is 0 Å². The number of carbonyl (C=O) groups is 1. The highest BCUT2D eigenvalue weighted by molar-refractivity contribution is 6.02. The Morgan fingerprint density at radius 2 is 2.03 bits per heavy atom. The number of aromatic nitrogens is 2. The predicted octanol–water partition coefficient (Wildman–Crippen LogP) is 4.48. The van der Waals surface area contributed by atoms with E-state index in [0.29, 0.717) is 22.7 Å². The van der Waals surface area contributed by atoms with Gasteiger partial charge >= 0.3 is 0 Å². The number of anilines is 1. The summed E-state index contributed by atoms with van der Waals surface area (Å²) in [7, 11) is 1.53. The zero-order valence-electron chi connectivity index (χ0n) is 17.7. The normalized spacial score (nSPS) is 10.9. The van der Waals surface area contributed by atoms with Crippen LogP contribution >= 0.6 is 0 Å². The Morgan fingerprint density at radius 3 is 2.82 bits per heavy atom. The van der Waals surface area contributed by atoms with Crippen LogP contribution in [0.15, 0.2) is 79.1 Å². The van der Waals surface area contributed by atoms with Crippen molar-refractivity contribution in [1.82, 2.24) is 9.38 Å². The monoisotopic (exact) mass is 444 g/mol. The molecule has 0 atom stereocenters. The average Bonchev–Trinajstić information content (AvgIpc) is 3.25. The van der Waals surface area contributed by atoms with Crippen LogP contribution < -0.4 is 14.8 Å². The second kappa shape index (κ2) is 9.65. The van der Waals surface area contributed by atoms with E-state index in [1.807, 2.05) is 35.0 Å². The molecule has 1 N–H and O–H groups in total. The van der Waals surface area contributed by atoms with E-state index in [0.717, 1.165) is 11.3 Å². The van der Waals surface area contributed by atoms with Crippen molar-refractivity contribution in [2.75, 3.05) is 12.4 Å². The molecule has 33 heavy (non-hydrogen) atoms. The number of amides is 1. The Labute approximate surface area is 189 Å². The van der Waals surface area contributed by atoms with Gasteiger partial charge in [-0.05, 0) is 35.9 Å². The van der Waals surface area contributed by atoms with Gasteiger partial charge in [0.05, 0.1) is 17.7 Å². The Kier molecular flexibility index (Phi) is 6.31. The number of nitrogens with zero attached hydrogens (tertiary/aromatic N) is 3. The Morgan fingerprint density at radius 1 is 1.15 bits per heavy atom. The molecule has 1 amide bonds. The highest BCUT2D eigenvalue weighted by Gasteiger charge is 2.10. The Balaban J connectivity index is 1.43. The number of imidazole rings is 1. The van der Waals surface area contributed by atoms with Crippen LogP contribution in [-0.4, -0.2) is 27.3 Å². The molecule has 0 bridgehead atoms. The third-order valence-electron chi connectivity index (χ3n) is 4.73. The van der Waals surface area contributed by atoms with Crippen LogP contribution in [-0.2, 0) is 11.4 Å². The second-order valence-electron chi connectivity index (χ2n) is 7.03. The average molecular weight is 444 g/mol. The molecule has 2 aromatic carbocycles. The van der Waals surface area contributed by atoms with E-state index in [1.54, 1.807) is 30.3 Å². The summed E-state index contributed by atoms with van der Waals surface area (Å²) in [5.74, 6) is 0.580. The van der Waals surface area contributed by atoms with E-state index in [4.69, 9.17) is 9.47 Å². The maximum Gasteiger partial charge on any atom is 0.270 e. The molecule has 4 aromatic rings. The number of nitro groups is 1. The number of benzene rings is 2. The standard InChI is InChI=1S/C24H20N4O5/c1-32-21-10-9-18(26-24(29)11-8-17-5-4-6-20(13-17)28(30)31)14-22(21)33-16-19-15-27-12-3-2-7-23(27)25-19/h2-15H,16H2,1H3,(H,26,29)/b11-8+. The van der Waals surface area contributed by atoms with Gasteiger partial charge in [-0.3, -0.25) is 14.9 Å². The molecule has 2 aromatic heterocycles. The summed E-state index contributed by atoms with van der Waals surface area (Å²) in [4.78, 5) is 27.2. The molecule has 0 aliphatic rings. The highest BCUT2D eigenvalue weighted by Crippen LogP contribution is 2.31. The molecule has 0 spiro atoms. The topological polar surface area (TPSA) is 108 Å². The first kappa shape index (κ1) is 21.6. The summed E-state index contributed by atoms with van der Waals surface area (Å²) in [5.41, 5.74) is 2.58. The lowest BCUT2D eigenvalue weighted by Crippen LogP contribution is -2.08. The van der Waals surface area contributed by atoms with Crippen LogP contribution in [0.4, 0.5) is 11.4 Å². The molecule has 166 valence electrons. The summed E-state index contributed by atoms with van der Waals surface area (Å²) in [6.07, 6.45) is 6.60. The van der Waals surface area contributed by atoms with Gasteiger partial charge in [-0.15, -0.1) is 0 Å². The van der Waals surface area contributed by atoms with Crippen molar-refractivity contribution in [2.45, 2.75) is 6.61 Å². The zero-order valence-corrected chi connectivity index (χ0v) is 17.7. The van der Waals surface area contributed by atoms with Crippen LogP contribution in [0, 0.1) is 10.1 Å². The van der Waals surface area contributed by atoms with Crippen molar-refractivity contribution in [3.63, 3.8) is 0 Å². The van der Waals surface area contributed by atoms with Gasteiger partial charge in [0.15, 0.2) is 11.5 Å². The molecule has 0 radical (unpaired) electrons. The number of pyridine rings is 1. The number of nitro benzene ring substituents is 1. The SMILES string of the molecule is COc1ccc(NC(=O)/C=C/c2cccc([N+](=O)[O-])c2)cc1OCc1cn2ccccc2n1. The lowest BCUT2D eigenvalue weighted by atomic mass is 10.2. The van der Waals surface area contributed by atoms with Crippen molar-refractivity contribution in [3.05, 3.63) is 101 Å². The maximum atomic E-state index is 12.3. The minimum absolute atomic E-state index is 0.0416. The van der Waals surface area contributed by atoms with E-state index in [9.17, 15) is 14.9 Å². The molecule has 4 rings (SSSR count). The number of fused-ring (bicyclic) bond motifs is 1. The molecule has 0 aliphatic carbocycles. The molecular formula is C24H20N4O5. The van der Waals surface area contributed by atoms with Crippen LogP contribution in [0.3, 0.4) is 0 Å². The predicted molar refractivity (Wildman–Crippen MR) is 123 cm³/mol. The molecule has 9 heteroatoms. The molecule has 2 heterocycles. The fourth-order valence-corrected chi connectivity index (χ4v) is 3.17. The van der Waals surface area contributed by atoms with Crippen LogP contribution in [0.5, 0.6) is 11.5 Å². The fraction of sp³-hybridized carbons (Fsp3) is 0.0833. The molecule has 0 aliphatic heterocycles.